The van der Waals surface area contributed by atoms with Gasteiger partial charge in [0.2, 0.25) is 0 Å². The predicted molar refractivity (Wildman–Crippen MR) is 85.9 cm³/mol. The van der Waals surface area contributed by atoms with Crippen LogP contribution in [0.4, 0.5) is 0 Å². The second-order valence-electron chi connectivity index (χ2n) is 5.91. The minimum atomic E-state index is -0.108. The molecule has 1 aromatic heterocycles. The summed E-state index contributed by atoms with van der Waals surface area (Å²) in [6, 6.07) is 9.57. The van der Waals surface area contributed by atoms with Crippen molar-refractivity contribution in [1.82, 2.24) is 15.1 Å². The minimum absolute atomic E-state index is 0.108. The predicted octanol–water partition coefficient (Wildman–Crippen LogP) is 3.03. The second-order valence-corrected chi connectivity index (χ2v) is 5.91. The van der Waals surface area contributed by atoms with Crippen LogP contribution in [0.15, 0.2) is 30.3 Å². The van der Waals surface area contributed by atoms with Gasteiger partial charge >= 0.3 is 0 Å². The van der Waals surface area contributed by atoms with Gasteiger partial charge in [-0.25, -0.2) is 0 Å². The second kappa shape index (κ2) is 7.11. The molecular weight excluding hydrogens is 278 g/mol. The molecule has 5 heteroatoms. The number of carbonyl (C=O) groups is 1. The van der Waals surface area contributed by atoms with Crippen LogP contribution in [0.3, 0.4) is 0 Å². The number of nitrogens with zero attached hydrogens (tertiary/aromatic N) is 2. The van der Waals surface area contributed by atoms with Gasteiger partial charge < -0.3 is 9.64 Å². The molecule has 0 atom stereocenters. The molecule has 5 nitrogen and oxygen atoms in total. The summed E-state index contributed by atoms with van der Waals surface area (Å²) in [4.78, 5) is 14.0. The van der Waals surface area contributed by atoms with Crippen molar-refractivity contribution in [3.63, 3.8) is 0 Å². The molecule has 1 aromatic carbocycles. The molecule has 0 aliphatic rings. The molecule has 118 valence electrons. The fraction of sp³-hybridized carbons (Fsp3) is 0.412. The molecule has 0 fully saturated rings. The lowest BCUT2D eigenvalue weighted by Gasteiger charge is -2.19. The molecule has 0 spiro atoms. The Hall–Kier alpha value is -2.30. The normalized spacial score (nSPS) is 10.8. The van der Waals surface area contributed by atoms with E-state index in [9.17, 15) is 4.79 Å². The van der Waals surface area contributed by atoms with Gasteiger partial charge in [-0.15, -0.1) is 0 Å². The Kier molecular flexibility index (Phi) is 5.20. The Labute approximate surface area is 131 Å². The Morgan fingerprint density at radius 3 is 2.73 bits per heavy atom. The van der Waals surface area contributed by atoms with Gasteiger partial charge in [0, 0.05) is 24.8 Å². The van der Waals surface area contributed by atoms with Crippen molar-refractivity contribution >= 4 is 5.91 Å². The molecule has 1 amide bonds. The summed E-state index contributed by atoms with van der Waals surface area (Å²) < 4.78 is 5.83. The van der Waals surface area contributed by atoms with E-state index in [2.05, 4.69) is 24.0 Å². The smallest absolute Gasteiger partial charge is 0.274 e. The number of amides is 1. The lowest BCUT2D eigenvalue weighted by Crippen LogP contribution is -2.26. The van der Waals surface area contributed by atoms with E-state index in [-0.39, 0.29) is 5.91 Å². The van der Waals surface area contributed by atoms with Gasteiger partial charge in [0.1, 0.15) is 11.4 Å². The number of hydrogen-bond donors (Lipinski definition) is 1. The molecule has 0 aliphatic carbocycles. The van der Waals surface area contributed by atoms with E-state index in [0.717, 1.165) is 17.0 Å². The van der Waals surface area contributed by atoms with E-state index in [1.807, 2.05) is 31.2 Å². The zero-order valence-electron chi connectivity index (χ0n) is 13.6. The summed E-state index contributed by atoms with van der Waals surface area (Å²) in [6.07, 6.45) is 0. The number of aryl methyl sites for hydroxylation is 1. The van der Waals surface area contributed by atoms with Crippen LogP contribution in [0.25, 0.3) is 0 Å². The Bertz CT molecular complexity index is 634. The Morgan fingerprint density at radius 2 is 2.09 bits per heavy atom. The molecule has 2 rings (SSSR count). The van der Waals surface area contributed by atoms with Crippen molar-refractivity contribution in [2.24, 2.45) is 5.92 Å². The number of benzene rings is 1. The van der Waals surface area contributed by atoms with Gasteiger partial charge in [-0.2, -0.15) is 5.10 Å². The van der Waals surface area contributed by atoms with Crippen molar-refractivity contribution in [2.45, 2.75) is 27.3 Å². The lowest BCUT2D eigenvalue weighted by molar-refractivity contribution is 0.0778. The molecule has 0 saturated carbocycles. The molecule has 0 radical (unpaired) electrons. The van der Waals surface area contributed by atoms with Crippen LogP contribution in [0, 0.1) is 12.8 Å². The maximum absolute atomic E-state index is 12.3. The van der Waals surface area contributed by atoms with Crippen LogP contribution in [-0.2, 0) is 6.54 Å². The van der Waals surface area contributed by atoms with E-state index >= 15 is 0 Å². The number of hydrogen-bond acceptors (Lipinski definition) is 3. The van der Waals surface area contributed by atoms with Gasteiger partial charge in [0.15, 0.2) is 0 Å². The van der Waals surface area contributed by atoms with Gasteiger partial charge in [0.05, 0.1) is 6.61 Å². The molecule has 22 heavy (non-hydrogen) atoms. The summed E-state index contributed by atoms with van der Waals surface area (Å²) in [5.41, 5.74) is 2.30. The summed E-state index contributed by atoms with van der Waals surface area (Å²) in [6.45, 7) is 7.24. The average molecular weight is 301 g/mol. The third-order valence-corrected chi connectivity index (χ3v) is 3.22. The number of para-hydroxylation sites is 1. The SMILES string of the molecule is Cc1cc(C(=O)N(C)Cc2ccccc2OCC(C)C)n[nH]1. The minimum Gasteiger partial charge on any atom is -0.493 e. The number of H-pyrrole nitrogens is 1. The highest BCUT2D eigenvalue weighted by Crippen LogP contribution is 2.20. The van der Waals surface area contributed by atoms with Crippen LogP contribution >= 0.6 is 0 Å². The maximum atomic E-state index is 12.3. The molecule has 0 aliphatic heterocycles. The lowest BCUT2D eigenvalue weighted by atomic mass is 10.1. The van der Waals surface area contributed by atoms with Crippen LogP contribution in [0.5, 0.6) is 5.75 Å². The topological polar surface area (TPSA) is 58.2 Å². The highest BCUT2D eigenvalue weighted by atomic mass is 16.5. The van der Waals surface area contributed by atoms with Gasteiger partial charge in [-0.3, -0.25) is 9.89 Å². The van der Waals surface area contributed by atoms with Gasteiger partial charge in [-0.1, -0.05) is 32.0 Å². The maximum Gasteiger partial charge on any atom is 0.274 e. The van der Waals surface area contributed by atoms with Crippen molar-refractivity contribution in [2.75, 3.05) is 13.7 Å². The fourth-order valence-corrected chi connectivity index (χ4v) is 2.08. The first-order valence-corrected chi connectivity index (χ1v) is 7.45. The summed E-state index contributed by atoms with van der Waals surface area (Å²) in [5.74, 6) is 1.18. The summed E-state index contributed by atoms with van der Waals surface area (Å²) in [7, 11) is 1.77. The fourth-order valence-electron chi connectivity index (χ4n) is 2.08. The Balaban J connectivity index is 2.07. The first kappa shape index (κ1) is 16.1. The number of carbonyl (C=O) groups excluding carboxylic acids is 1. The zero-order valence-corrected chi connectivity index (χ0v) is 13.6. The monoisotopic (exact) mass is 301 g/mol. The number of rotatable bonds is 6. The highest BCUT2D eigenvalue weighted by Gasteiger charge is 2.16. The first-order chi connectivity index (χ1) is 10.5. The molecule has 0 saturated heterocycles. The Morgan fingerprint density at radius 1 is 1.36 bits per heavy atom. The van der Waals surface area contributed by atoms with E-state index in [0.29, 0.717) is 24.8 Å². The highest BCUT2D eigenvalue weighted by molar-refractivity contribution is 5.92. The standard InChI is InChI=1S/C17H23N3O2/c1-12(2)11-22-16-8-6-5-7-14(16)10-20(4)17(21)15-9-13(3)18-19-15/h5-9,12H,10-11H2,1-4H3,(H,18,19). The quantitative estimate of drug-likeness (QED) is 0.892. The largest absolute Gasteiger partial charge is 0.493 e. The van der Waals surface area contributed by atoms with Crippen LogP contribution < -0.4 is 4.74 Å². The molecule has 1 heterocycles. The molecule has 2 aromatic rings. The molecule has 0 unspecified atom stereocenters. The van der Waals surface area contributed by atoms with Crippen molar-refractivity contribution in [1.29, 1.82) is 0 Å². The average Bonchev–Trinajstić information content (AvgIpc) is 2.92. The molecule has 0 bridgehead atoms. The number of ether oxygens (including phenoxy) is 1. The number of nitrogens with one attached hydrogen (secondary N) is 1. The van der Waals surface area contributed by atoms with Crippen LogP contribution in [0.1, 0.15) is 35.6 Å². The van der Waals surface area contributed by atoms with Crippen molar-refractivity contribution in [3.05, 3.63) is 47.3 Å². The number of aromatic amines is 1. The van der Waals surface area contributed by atoms with E-state index in [1.165, 1.54) is 0 Å². The van der Waals surface area contributed by atoms with Gasteiger partial charge in [-0.05, 0) is 25.0 Å². The van der Waals surface area contributed by atoms with E-state index in [4.69, 9.17) is 4.74 Å². The van der Waals surface area contributed by atoms with Crippen LogP contribution in [0.2, 0.25) is 0 Å². The van der Waals surface area contributed by atoms with Crippen molar-refractivity contribution < 1.29 is 9.53 Å². The summed E-state index contributed by atoms with van der Waals surface area (Å²) in [5, 5.41) is 6.80. The molecule has 1 N–H and O–H groups in total. The van der Waals surface area contributed by atoms with E-state index < -0.39 is 0 Å². The zero-order chi connectivity index (χ0) is 16.1. The summed E-state index contributed by atoms with van der Waals surface area (Å²) >= 11 is 0. The van der Waals surface area contributed by atoms with Gasteiger partial charge in [0.25, 0.3) is 5.91 Å². The third kappa shape index (κ3) is 4.10. The molecular formula is C17H23N3O2. The van der Waals surface area contributed by atoms with Crippen LogP contribution in [-0.4, -0.2) is 34.7 Å². The number of aromatic nitrogens is 2. The van der Waals surface area contributed by atoms with E-state index in [1.54, 1.807) is 18.0 Å². The first-order valence-electron chi connectivity index (χ1n) is 7.45. The third-order valence-electron chi connectivity index (χ3n) is 3.22. The van der Waals surface area contributed by atoms with Crippen molar-refractivity contribution in [3.8, 4) is 5.75 Å².